The van der Waals surface area contributed by atoms with Gasteiger partial charge in [-0.1, -0.05) is 35.0 Å². The number of aromatic nitrogens is 5. The first kappa shape index (κ1) is 24.9. The Balaban J connectivity index is 1.49. The van der Waals surface area contributed by atoms with Gasteiger partial charge in [0.15, 0.2) is 17.2 Å². The van der Waals surface area contributed by atoms with Crippen LogP contribution in [-0.4, -0.2) is 44.0 Å². The fourth-order valence-electron chi connectivity index (χ4n) is 3.23. The van der Waals surface area contributed by atoms with Gasteiger partial charge >= 0.3 is 0 Å². The van der Waals surface area contributed by atoms with Gasteiger partial charge in [-0.05, 0) is 70.3 Å². The van der Waals surface area contributed by atoms with Crippen LogP contribution in [-0.2, 0) is 6.61 Å². The van der Waals surface area contributed by atoms with Crippen LogP contribution in [0.5, 0.6) is 11.5 Å². The minimum atomic E-state index is -0.571. The van der Waals surface area contributed by atoms with E-state index < -0.39 is 5.91 Å². The van der Waals surface area contributed by atoms with Crippen molar-refractivity contribution in [3.63, 3.8) is 0 Å². The number of carbonyl (C=O) groups is 1. The molecule has 0 aliphatic rings. The summed E-state index contributed by atoms with van der Waals surface area (Å²) in [7, 11) is 0. The van der Waals surface area contributed by atoms with Gasteiger partial charge < -0.3 is 15.2 Å². The standard InChI is InChI=1S/C23H23BrN8O4/c1-4-34-18-10-16(9-17(24)20(18)35-12-15-7-5-13(2)6-8-15)11-26-28-23(33)19-14(3)27-31-32(19)22-21(25)29-36-30-22/h5-11H,4,12H2,1-3H3,(H2,25,29)(H,28,33)/b26-11-. The van der Waals surface area contributed by atoms with Crippen LogP contribution in [0.3, 0.4) is 0 Å². The average Bonchev–Trinajstić information content (AvgIpc) is 3.44. The van der Waals surface area contributed by atoms with E-state index in [9.17, 15) is 4.79 Å². The van der Waals surface area contributed by atoms with E-state index in [-0.39, 0.29) is 17.3 Å². The molecule has 4 rings (SSSR count). The molecule has 4 aromatic rings. The Labute approximate surface area is 214 Å². The van der Waals surface area contributed by atoms with Gasteiger partial charge in [0.2, 0.25) is 11.6 Å². The summed E-state index contributed by atoms with van der Waals surface area (Å²) >= 11 is 3.55. The Morgan fingerprint density at radius 2 is 2.00 bits per heavy atom. The molecule has 0 spiro atoms. The molecule has 0 bridgehead atoms. The van der Waals surface area contributed by atoms with Crippen molar-refractivity contribution in [2.45, 2.75) is 27.4 Å². The zero-order valence-electron chi connectivity index (χ0n) is 19.7. The third-order valence-electron chi connectivity index (χ3n) is 4.97. The molecule has 0 atom stereocenters. The number of aryl methyl sites for hydroxylation is 2. The summed E-state index contributed by atoms with van der Waals surface area (Å²) < 4.78 is 18.2. The number of nitrogen functional groups attached to an aromatic ring is 1. The van der Waals surface area contributed by atoms with Crippen LogP contribution in [0.2, 0.25) is 0 Å². The highest BCUT2D eigenvalue weighted by Gasteiger charge is 2.22. The van der Waals surface area contributed by atoms with Gasteiger partial charge in [0, 0.05) is 0 Å². The molecule has 3 N–H and O–H groups in total. The number of nitrogens with one attached hydrogen (secondary N) is 1. The minimum absolute atomic E-state index is 0.0320. The molecule has 0 aliphatic heterocycles. The average molecular weight is 555 g/mol. The van der Waals surface area contributed by atoms with Crippen molar-refractivity contribution < 1.29 is 18.9 Å². The molecule has 0 saturated carbocycles. The van der Waals surface area contributed by atoms with Crippen LogP contribution in [0.1, 0.15) is 39.8 Å². The van der Waals surface area contributed by atoms with Gasteiger partial charge in [0.05, 0.1) is 23.0 Å². The summed E-state index contributed by atoms with van der Waals surface area (Å²) in [5.74, 6) is 0.562. The predicted octanol–water partition coefficient (Wildman–Crippen LogP) is 3.35. The molecule has 1 amide bonds. The molecule has 0 saturated heterocycles. The van der Waals surface area contributed by atoms with E-state index >= 15 is 0 Å². The number of nitrogens with two attached hydrogens (primary N) is 1. The zero-order chi connectivity index (χ0) is 25.7. The van der Waals surface area contributed by atoms with Crippen LogP contribution in [0.25, 0.3) is 5.82 Å². The lowest BCUT2D eigenvalue weighted by Gasteiger charge is -2.15. The molecule has 2 heterocycles. The lowest BCUT2D eigenvalue weighted by atomic mass is 10.2. The molecular weight excluding hydrogens is 532 g/mol. The molecule has 12 nitrogen and oxygen atoms in total. The lowest BCUT2D eigenvalue weighted by molar-refractivity contribution is 0.0946. The van der Waals surface area contributed by atoms with Crippen LogP contribution in [0, 0.1) is 13.8 Å². The highest BCUT2D eigenvalue weighted by atomic mass is 79.9. The first-order chi connectivity index (χ1) is 17.4. The number of hydrogen-bond donors (Lipinski definition) is 2. The zero-order valence-corrected chi connectivity index (χ0v) is 21.3. The highest BCUT2D eigenvalue weighted by molar-refractivity contribution is 9.10. The third kappa shape index (κ3) is 5.51. The fraction of sp³-hybridized carbons (Fsp3) is 0.217. The molecule has 2 aromatic heterocycles. The molecule has 0 radical (unpaired) electrons. The van der Waals surface area contributed by atoms with E-state index in [2.05, 4.69) is 51.7 Å². The second-order valence-corrected chi connectivity index (χ2v) is 8.50. The van der Waals surface area contributed by atoms with Gasteiger partial charge in [0.1, 0.15) is 6.61 Å². The molecular formula is C23H23BrN8O4. The summed E-state index contributed by atoms with van der Waals surface area (Å²) in [6.45, 7) is 6.37. The summed E-state index contributed by atoms with van der Waals surface area (Å²) in [4.78, 5) is 12.8. The first-order valence-corrected chi connectivity index (χ1v) is 11.7. The van der Waals surface area contributed by atoms with Gasteiger partial charge in [-0.15, -0.1) is 5.10 Å². The monoisotopic (exact) mass is 554 g/mol. The summed E-state index contributed by atoms with van der Waals surface area (Å²) in [5.41, 5.74) is 11.5. The first-order valence-electron chi connectivity index (χ1n) is 10.9. The molecule has 36 heavy (non-hydrogen) atoms. The number of anilines is 1. The number of halogens is 1. The van der Waals surface area contributed by atoms with E-state index in [0.29, 0.717) is 40.4 Å². The third-order valence-corrected chi connectivity index (χ3v) is 5.55. The summed E-state index contributed by atoms with van der Waals surface area (Å²) in [6, 6.07) is 11.7. The van der Waals surface area contributed by atoms with Crippen molar-refractivity contribution >= 4 is 33.9 Å². The number of hydrazone groups is 1. The Morgan fingerprint density at radius 1 is 1.22 bits per heavy atom. The quantitative estimate of drug-likeness (QED) is 0.234. The summed E-state index contributed by atoms with van der Waals surface area (Å²) in [5, 5.41) is 19.0. The topological polar surface area (TPSA) is 156 Å². The van der Waals surface area contributed by atoms with Crippen molar-refractivity contribution in [2.75, 3.05) is 12.3 Å². The highest BCUT2D eigenvalue weighted by Crippen LogP contribution is 2.37. The number of carbonyl (C=O) groups excluding carboxylic acids is 1. The van der Waals surface area contributed by atoms with E-state index in [0.717, 1.165) is 10.2 Å². The normalized spacial score (nSPS) is 11.1. The van der Waals surface area contributed by atoms with E-state index in [1.807, 2.05) is 44.2 Å². The smallest absolute Gasteiger partial charge is 0.292 e. The van der Waals surface area contributed by atoms with Crippen molar-refractivity contribution in [1.82, 2.24) is 30.7 Å². The van der Waals surface area contributed by atoms with Crippen molar-refractivity contribution in [3.8, 4) is 17.3 Å². The number of hydrogen-bond acceptors (Lipinski definition) is 10. The fourth-order valence-corrected chi connectivity index (χ4v) is 3.80. The van der Waals surface area contributed by atoms with Crippen LogP contribution in [0.4, 0.5) is 5.82 Å². The number of ether oxygens (including phenoxy) is 2. The number of nitrogens with zero attached hydrogens (tertiary/aromatic N) is 6. The Morgan fingerprint density at radius 3 is 2.69 bits per heavy atom. The van der Waals surface area contributed by atoms with Crippen molar-refractivity contribution in [1.29, 1.82) is 0 Å². The maximum atomic E-state index is 12.8. The van der Waals surface area contributed by atoms with Crippen LogP contribution in [0.15, 0.2) is 50.6 Å². The van der Waals surface area contributed by atoms with Gasteiger partial charge in [-0.2, -0.15) is 9.78 Å². The van der Waals surface area contributed by atoms with E-state index in [1.54, 1.807) is 13.0 Å². The van der Waals surface area contributed by atoms with Crippen molar-refractivity contribution in [2.24, 2.45) is 5.10 Å². The second-order valence-electron chi connectivity index (χ2n) is 7.64. The van der Waals surface area contributed by atoms with Gasteiger partial charge in [0.25, 0.3) is 5.91 Å². The second kappa shape index (κ2) is 11.0. The molecule has 186 valence electrons. The Bertz CT molecular complexity index is 1400. The molecule has 13 heteroatoms. The lowest BCUT2D eigenvalue weighted by Crippen LogP contribution is -2.22. The number of amides is 1. The summed E-state index contributed by atoms with van der Waals surface area (Å²) in [6.07, 6.45) is 1.48. The molecule has 0 fully saturated rings. The minimum Gasteiger partial charge on any atom is -0.490 e. The largest absolute Gasteiger partial charge is 0.490 e. The van der Waals surface area contributed by atoms with Crippen LogP contribution < -0.4 is 20.6 Å². The molecule has 0 unspecified atom stereocenters. The number of rotatable bonds is 9. The van der Waals surface area contributed by atoms with Crippen molar-refractivity contribution in [3.05, 3.63) is 68.9 Å². The predicted molar refractivity (Wildman–Crippen MR) is 134 cm³/mol. The molecule has 2 aromatic carbocycles. The number of benzene rings is 2. The van der Waals surface area contributed by atoms with E-state index in [1.165, 1.54) is 11.8 Å². The van der Waals surface area contributed by atoms with Gasteiger partial charge in [-0.3, -0.25) is 4.79 Å². The molecule has 0 aliphatic carbocycles. The van der Waals surface area contributed by atoms with Crippen LogP contribution >= 0.6 is 15.9 Å². The maximum Gasteiger partial charge on any atom is 0.292 e. The van der Waals surface area contributed by atoms with Gasteiger partial charge in [-0.25, -0.2) is 10.1 Å². The Hall–Kier alpha value is -4.26. The maximum absolute atomic E-state index is 12.8. The van der Waals surface area contributed by atoms with E-state index in [4.69, 9.17) is 15.2 Å². The SMILES string of the molecule is CCOc1cc(/C=N\NC(=O)c2c(C)nnn2-c2nonc2N)cc(Br)c1OCc1ccc(C)cc1. The Kier molecular flexibility index (Phi) is 7.59.